The summed E-state index contributed by atoms with van der Waals surface area (Å²) in [6, 6.07) is 21.7. The van der Waals surface area contributed by atoms with Crippen LogP contribution in [0, 0.1) is 0 Å². The highest BCUT2D eigenvalue weighted by Gasteiger charge is 2.32. The molecule has 35 heavy (non-hydrogen) atoms. The number of amides is 2. The second-order valence-electron chi connectivity index (χ2n) is 7.87. The van der Waals surface area contributed by atoms with Gasteiger partial charge in [0.1, 0.15) is 12.1 Å². The molecule has 1 aromatic heterocycles. The number of hydrogen-bond donors (Lipinski definition) is 2. The molecule has 1 aliphatic rings. The molecule has 0 radical (unpaired) electrons. The maximum absolute atomic E-state index is 13.4. The smallest absolute Gasteiger partial charge is 0.323 e. The van der Waals surface area contributed by atoms with Crippen molar-refractivity contribution in [3.8, 4) is 11.1 Å². The number of halogens is 1. The number of aliphatic carboxylic acids is 1. The van der Waals surface area contributed by atoms with Gasteiger partial charge in [-0.15, -0.1) is 0 Å². The molecule has 3 aromatic carbocycles. The predicted octanol–water partition coefficient (Wildman–Crippen LogP) is 4.47. The van der Waals surface area contributed by atoms with Gasteiger partial charge in [0.2, 0.25) is 6.17 Å². The van der Waals surface area contributed by atoms with Gasteiger partial charge in [-0.2, -0.15) is 0 Å². The zero-order chi connectivity index (χ0) is 24.5. The minimum atomic E-state index is -1.34. The molecule has 8 nitrogen and oxygen atoms in total. The number of hydrogen-bond acceptors (Lipinski definition) is 5. The van der Waals surface area contributed by atoms with Crippen molar-refractivity contribution in [1.29, 1.82) is 0 Å². The van der Waals surface area contributed by atoms with E-state index >= 15 is 0 Å². The predicted molar refractivity (Wildman–Crippen MR) is 135 cm³/mol. The summed E-state index contributed by atoms with van der Waals surface area (Å²) in [5, 5.41) is 12.8. The van der Waals surface area contributed by atoms with Crippen LogP contribution in [0.2, 0.25) is 0 Å². The highest BCUT2D eigenvalue weighted by atomic mass is 79.9. The lowest BCUT2D eigenvalue weighted by molar-refractivity contribution is -0.136. The van der Waals surface area contributed by atoms with Crippen LogP contribution in [0.4, 0.5) is 5.69 Å². The standard InChI is InChI=1S/C26H18BrN3O5/c27-17-9-10-21-16(11-17)12-22(35-21)25(33)29-24-26(34)30(14-23(31)32)20-8-4-7-18(19(20)13-28-24)15-5-2-1-3-6-15/h1-13,24H,14H2,(H,29,33)(H,31,32). The first-order valence-corrected chi connectivity index (χ1v) is 11.4. The van der Waals surface area contributed by atoms with Crippen molar-refractivity contribution >= 4 is 56.6 Å². The second-order valence-corrected chi connectivity index (χ2v) is 8.79. The number of nitrogens with one attached hydrogen (secondary N) is 1. The quantitative estimate of drug-likeness (QED) is 0.394. The van der Waals surface area contributed by atoms with E-state index in [9.17, 15) is 19.5 Å². The lowest BCUT2D eigenvalue weighted by Crippen LogP contribution is -2.48. The molecule has 1 aliphatic heterocycles. The largest absolute Gasteiger partial charge is 0.480 e. The van der Waals surface area contributed by atoms with Gasteiger partial charge in [-0.3, -0.25) is 24.3 Å². The van der Waals surface area contributed by atoms with Crippen molar-refractivity contribution in [2.24, 2.45) is 4.99 Å². The van der Waals surface area contributed by atoms with Gasteiger partial charge in [0, 0.05) is 21.6 Å². The Morgan fingerprint density at radius 3 is 2.63 bits per heavy atom. The Hall–Kier alpha value is -4.24. The summed E-state index contributed by atoms with van der Waals surface area (Å²) in [5.74, 6) is -2.49. The minimum absolute atomic E-state index is 0.0117. The van der Waals surface area contributed by atoms with E-state index in [1.807, 2.05) is 36.4 Å². The summed E-state index contributed by atoms with van der Waals surface area (Å²) >= 11 is 3.38. The zero-order valence-corrected chi connectivity index (χ0v) is 19.7. The van der Waals surface area contributed by atoms with E-state index in [4.69, 9.17) is 4.42 Å². The summed E-state index contributed by atoms with van der Waals surface area (Å²) in [7, 11) is 0. The molecule has 4 aromatic rings. The normalized spacial score (nSPS) is 15.1. The summed E-state index contributed by atoms with van der Waals surface area (Å²) in [5.41, 5.74) is 3.16. The number of carbonyl (C=O) groups excluding carboxylic acids is 2. The molecular formula is C26H18BrN3O5. The van der Waals surface area contributed by atoms with Gasteiger partial charge in [-0.1, -0.05) is 58.4 Å². The highest BCUT2D eigenvalue weighted by Crippen LogP contribution is 2.32. The van der Waals surface area contributed by atoms with Crippen LogP contribution < -0.4 is 10.2 Å². The third-order valence-electron chi connectivity index (χ3n) is 5.57. The molecule has 0 aliphatic carbocycles. The monoisotopic (exact) mass is 531 g/mol. The summed E-state index contributed by atoms with van der Waals surface area (Å²) in [4.78, 5) is 43.4. The van der Waals surface area contributed by atoms with Crippen molar-refractivity contribution in [1.82, 2.24) is 5.32 Å². The number of furan rings is 1. The number of carboxylic acid groups (broad SMARTS) is 1. The molecule has 0 spiro atoms. The van der Waals surface area contributed by atoms with E-state index in [-0.39, 0.29) is 5.76 Å². The molecule has 174 valence electrons. The first-order valence-electron chi connectivity index (χ1n) is 10.7. The molecule has 0 saturated heterocycles. The van der Waals surface area contributed by atoms with Crippen molar-refractivity contribution < 1.29 is 23.9 Å². The SMILES string of the molecule is O=C(O)CN1C(=O)C(NC(=O)c2cc3cc(Br)ccc3o2)N=Cc2c(-c3ccccc3)cccc21. The van der Waals surface area contributed by atoms with Crippen LogP contribution in [0.15, 0.2) is 86.7 Å². The Morgan fingerprint density at radius 1 is 1.06 bits per heavy atom. The van der Waals surface area contributed by atoms with E-state index in [1.165, 1.54) is 6.21 Å². The lowest BCUT2D eigenvalue weighted by Gasteiger charge is -2.24. The maximum Gasteiger partial charge on any atom is 0.323 e. The number of aliphatic imine (C=N–C) groups is 1. The Bertz CT molecular complexity index is 1500. The summed E-state index contributed by atoms with van der Waals surface area (Å²) in [6.45, 7) is -0.585. The molecule has 0 fully saturated rings. The third kappa shape index (κ3) is 4.45. The molecule has 1 atom stereocenters. The molecule has 0 saturated carbocycles. The van der Waals surface area contributed by atoms with Gasteiger partial charge >= 0.3 is 5.97 Å². The molecule has 0 bridgehead atoms. The Labute approximate surface area is 208 Å². The van der Waals surface area contributed by atoms with Gasteiger partial charge in [-0.05, 0) is 41.5 Å². The molecular weight excluding hydrogens is 514 g/mol. The van der Waals surface area contributed by atoms with Gasteiger partial charge in [0.25, 0.3) is 11.8 Å². The number of benzodiazepines with no additional fused rings is 1. The van der Waals surface area contributed by atoms with Crippen LogP contribution in [-0.4, -0.2) is 41.8 Å². The van der Waals surface area contributed by atoms with Gasteiger partial charge in [0.15, 0.2) is 5.76 Å². The molecule has 2 N–H and O–H groups in total. The average Bonchev–Trinajstić information content (AvgIpc) is 3.23. The number of anilines is 1. The van der Waals surface area contributed by atoms with Gasteiger partial charge in [0.05, 0.1) is 5.69 Å². The molecule has 5 rings (SSSR count). The fraction of sp³-hybridized carbons (Fsp3) is 0.0769. The fourth-order valence-electron chi connectivity index (χ4n) is 3.99. The number of carbonyl (C=O) groups is 3. The van der Waals surface area contributed by atoms with E-state index in [2.05, 4.69) is 26.2 Å². The van der Waals surface area contributed by atoms with Gasteiger partial charge < -0.3 is 14.8 Å². The van der Waals surface area contributed by atoms with Crippen molar-refractivity contribution in [2.45, 2.75) is 6.17 Å². The molecule has 1 unspecified atom stereocenters. The summed E-state index contributed by atoms with van der Waals surface area (Å²) < 4.78 is 6.45. The lowest BCUT2D eigenvalue weighted by atomic mass is 9.98. The van der Waals surface area contributed by atoms with Crippen LogP contribution in [0.1, 0.15) is 16.1 Å². The van der Waals surface area contributed by atoms with E-state index in [0.717, 1.165) is 20.5 Å². The van der Waals surface area contributed by atoms with Crippen LogP contribution in [-0.2, 0) is 9.59 Å². The second kappa shape index (κ2) is 9.19. The topological polar surface area (TPSA) is 112 Å². The number of rotatable bonds is 5. The molecule has 2 amide bonds. The number of carboxylic acids is 1. The first kappa shape index (κ1) is 22.5. The third-order valence-corrected chi connectivity index (χ3v) is 6.07. The van der Waals surface area contributed by atoms with Gasteiger partial charge in [-0.25, -0.2) is 0 Å². The Morgan fingerprint density at radius 2 is 1.86 bits per heavy atom. The Balaban J connectivity index is 1.52. The van der Waals surface area contributed by atoms with Crippen molar-refractivity contribution in [3.05, 3.63) is 88.6 Å². The first-order chi connectivity index (χ1) is 16.9. The van der Waals surface area contributed by atoms with E-state index in [0.29, 0.717) is 22.2 Å². The molecule has 2 heterocycles. The fourth-order valence-corrected chi connectivity index (χ4v) is 4.37. The maximum atomic E-state index is 13.4. The van der Waals surface area contributed by atoms with E-state index in [1.54, 1.807) is 36.4 Å². The summed E-state index contributed by atoms with van der Waals surface area (Å²) in [6.07, 6.45) is 0.163. The minimum Gasteiger partial charge on any atom is -0.480 e. The molecule has 9 heteroatoms. The number of fused-ring (bicyclic) bond motifs is 2. The number of benzene rings is 3. The van der Waals surface area contributed by atoms with Crippen LogP contribution in [0.3, 0.4) is 0 Å². The Kier molecular flexibility index (Phi) is 5.92. The van der Waals surface area contributed by atoms with Crippen molar-refractivity contribution in [3.63, 3.8) is 0 Å². The zero-order valence-electron chi connectivity index (χ0n) is 18.1. The van der Waals surface area contributed by atoms with E-state index < -0.39 is 30.5 Å². The average molecular weight is 532 g/mol. The van der Waals surface area contributed by atoms with Crippen molar-refractivity contribution in [2.75, 3.05) is 11.4 Å². The highest BCUT2D eigenvalue weighted by molar-refractivity contribution is 9.10. The van der Waals surface area contributed by atoms with Crippen LogP contribution in [0.25, 0.3) is 22.1 Å². The van der Waals surface area contributed by atoms with Crippen LogP contribution in [0.5, 0.6) is 0 Å². The van der Waals surface area contributed by atoms with Crippen LogP contribution >= 0.6 is 15.9 Å². The number of nitrogens with zero attached hydrogens (tertiary/aromatic N) is 2.